The van der Waals surface area contributed by atoms with Crippen molar-refractivity contribution in [2.45, 2.75) is 62.9 Å². The first-order chi connectivity index (χ1) is 9.12. The van der Waals surface area contributed by atoms with Gasteiger partial charge in [0.1, 0.15) is 0 Å². The highest BCUT2D eigenvalue weighted by atomic mass is 16.1. The average molecular weight is 267 g/mol. The summed E-state index contributed by atoms with van der Waals surface area (Å²) in [5.74, 6) is 0.215. The lowest BCUT2D eigenvalue weighted by Gasteiger charge is -2.36. The molecule has 0 aromatic heterocycles. The Kier molecular flexibility index (Phi) is 5.22. The molecule has 1 amide bonds. The topological polar surface area (TPSA) is 44.4 Å². The smallest absolute Gasteiger partial charge is 0.221 e. The van der Waals surface area contributed by atoms with Gasteiger partial charge in [0, 0.05) is 24.5 Å². The van der Waals surface area contributed by atoms with Crippen LogP contribution in [-0.4, -0.2) is 49.6 Å². The van der Waals surface area contributed by atoms with Gasteiger partial charge >= 0.3 is 0 Å². The molecule has 1 aliphatic carbocycles. The maximum Gasteiger partial charge on any atom is 0.221 e. The van der Waals surface area contributed by atoms with Gasteiger partial charge in [0.2, 0.25) is 5.91 Å². The van der Waals surface area contributed by atoms with Crippen molar-refractivity contribution >= 4 is 5.91 Å². The van der Waals surface area contributed by atoms with Crippen LogP contribution >= 0.6 is 0 Å². The number of rotatable bonds is 5. The molecule has 0 aromatic carbocycles. The number of amides is 1. The largest absolute Gasteiger partial charge is 0.354 e. The van der Waals surface area contributed by atoms with Crippen LogP contribution in [0.3, 0.4) is 0 Å². The van der Waals surface area contributed by atoms with Crippen LogP contribution < -0.4 is 10.6 Å². The maximum absolute atomic E-state index is 12.1. The number of hydrogen-bond donors (Lipinski definition) is 2. The van der Waals surface area contributed by atoms with E-state index in [1.165, 1.54) is 38.5 Å². The summed E-state index contributed by atoms with van der Waals surface area (Å²) in [6.45, 7) is 1.88. The van der Waals surface area contributed by atoms with Crippen molar-refractivity contribution in [3.8, 4) is 0 Å². The van der Waals surface area contributed by atoms with E-state index in [0.29, 0.717) is 12.5 Å². The standard InChI is InChI=1S/C15H29N3O/c1-18(2)15(8-4-5-9-15)12-17-14(19)11-13-7-3-6-10-16-13/h13,16H,3-12H2,1-2H3,(H,17,19). The molecule has 0 aromatic rings. The first-order valence-electron chi connectivity index (χ1n) is 7.80. The van der Waals surface area contributed by atoms with Gasteiger partial charge in [-0.1, -0.05) is 19.3 Å². The highest BCUT2D eigenvalue weighted by molar-refractivity contribution is 5.76. The monoisotopic (exact) mass is 267 g/mol. The first kappa shape index (κ1) is 14.8. The van der Waals surface area contributed by atoms with Gasteiger partial charge in [-0.2, -0.15) is 0 Å². The quantitative estimate of drug-likeness (QED) is 0.793. The van der Waals surface area contributed by atoms with Gasteiger partial charge in [0.15, 0.2) is 0 Å². The summed E-state index contributed by atoms with van der Waals surface area (Å²) < 4.78 is 0. The van der Waals surface area contributed by atoms with E-state index in [0.717, 1.165) is 19.5 Å². The number of carbonyl (C=O) groups is 1. The second-order valence-electron chi connectivity index (χ2n) is 6.45. The lowest BCUT2D eigenvalue weighted by Crippen LogP contribution is -2.51. The molecular weight excluding hydrogens is 238 g/mol. The predicted molar refractivity (Wildman–Crippen MR) is 78.2 cm³/mol. The van der Waals surface area contributed by atoms with Crippen LogP contribution in [-0.2, 0) is 4.79 Å². The van der Waals surface area contributed by atoms with E-state index in [2.05, 4.69) is 29.6 Å². The Morgan fingerprint density at radius 1 is 1.26 bits per heavy atom. The summed E-state index contributed by atoms with van der Waals surface area (Å²) in [6, 6.07) is 0.396. The molecule has 4 nitrogen and oxygen atoms in total. The van der Waals surface area contributed by atoms with Crippen molar-refractivity contribution in [2.75, 3.05) is 27.2 Å². The number of piperidine rings is 1. The summed E-state index contributed by atoms with van der Waals surface area (Å²) in [5, 5.41) is 6.61. The molecule has 0 radical (unpaired) electrons. The zero-order valence-corrected chi connectivity index (χ0v) is 12.5. The molecule has 1 saturated heterocycles. The van der Waals surface area contributed by atoms with Gasteiger partial charge in [-0.15, -0.1) is 0 Å². The fourth-order valence-electron chi connectivity index (χ4n) is 3.47. The molecule has 110 valence electrons. The van der Waals surface area contributed by atoms with E-state index >= 15 is 0 Å². The molecule has 1 heterocycles. The molecule has 2 N–H and O–H groups in total. The maximum atomic E-state index is 12.1. The van der Waals surface area contributed by atoms with Crippen molar-refractivity contribution < 1.29 is 4.79 Å². The fraction of sp³-hybridized carbons (Fsp3) is 0.933. The molecule has 1 unspecified atom stereocenters. The summed E-state index contributed by atoms with van der Waals surface area (Å²) in [4.78, 5) is 14.4. The Bertz CT molecular complexity index is 292. The number of nitrogens with one attached hydrogen (secondary N) is 2. The van der Waals surface area contributed by atoms with Gasteiger partial charge in [-0.05, 0) is 46.3 Å². The molecular formula is C15H29N3O. The average Bonchev–Trinajstić information content (AvgIpc) is 2.88. The summed E-state index contributed by atoms with van der Waals surface area (Å²) in [6.07, 6.45) is 9.30. The van der Waals surface area contributed by atoms with Crippen molar-refractivity contribution in [2.24, 2.45) is 0 Å². The second-order valence-corrected chi connectivity index (χ2v) is 6.45. The van der Waals surface area contributed by atoms with Crippen LogP contribution in [0.15, 0.2) is 0 Å². The SMILES string of the molecule is CN(C)C1(CNC(=O)CC2CCCCN2)CCCC1. The minimum Gasteiger partial charge on any atom is -0.354 e. The van der Waals surface area contributed by atoms with E-state index in [-0.39, 0.29) is 11.4 Å². The second kappa shape index (κ2) is 6.71. The van der Waals surface area contributed by atoms with Crippen LogP contribution in [0.25, 0.3) is 0 Å². The summed E-state index contributed by atoms with van der Waals surface area (Å²) in [5.41, 5.74) is 0.204. The molecule has 0 bridgehead atoms. The minimum absolute atomic E-state index is 0.204. The Labute approximate surface area is 117 Å². The van der Waals surface area contributed by atoms with E-state index < -0.39 is 0 Å². The van der Waals surface area contributed by atoms with Crippen LogP contribution in [0.5, 0.6) is 0 Å². The van der Waals surface area contributed by atoms with Gasteiger partial charge in [-0.25, -0.2) is 0 Å². The molecule has 2 rings (SSSR count). The molecule has 1 saturated carbocycles. The van der Waals surface area contributed by atoms with Crippen LogP contribution in [0.1, 0.15) is 51.4 Å². The van der Waals surface area contributed by atoms with Gasteiger partial charge in [-0.3, -0.25) is 4.79 Å². The molecule has 0 spiro atoms. The van der Waals surface area contributed by atoms with Gasteiger partial charge in [0.25, 0.3) is 0 Å². The third kappa shape index (κ3) is 3.93. The van der Waals surface area contributed by atoms with Crippen LogP contribution in [0.2, 0.25) is 0 Å². The number of hydrogen-bond acceptors (Lipinski definition) is 3. The molecule has 2 fully saturated rings. The molecule has 4 heteroatoms. The highest BCUT2D eigenvalue weighted by Crippen LogP contribution is 2.33. The summed E-state index contributed by atoms with van der Waals surface area (Å²) >= 11 is 0. The Hall–Kier alpha value is -0.610. The fourth-order valence-corrected chi connectivity index (χ4v) is 3.47. The lowest BCUT2D eigenvalue weighted by atomic mass is 9.95. The van der Waals surface area contributed by atoms with Crippen LogP contribution in [0.4, 0.5) is 0 Å². The third-order valence-corrected chi connectivity index (χ3v) is 4.94. The lowest BCUT2D eigenvalue weighted by molar-refractivity contribution is -0.122. The highest BCUT2D eigenvalue weighted by Gasteiger charge is 2.36. The van der Waals surface area contributed by atoms with Crippen molar-refractivity contribution in [3.63, 3.8) is 0 Å². The van der Waals surface area contributed by atoms with Crippen molar-refractivity contribution in [1.82, 2.24) is 15.5 Å². The van der Waals surface area contributed by atoms with E-state index in [9.17, 15) is 4.79 Å². The third-order valence-electron chi connectivity index (χ3n) is 4.94. The Morgan fingerprint density at radius 3 is 2.58 bits per heavy atom. The van der Waals surface area contributed by atoms with E-state index in [4.69, 9.17) is 0 Å². The van der Waals surface area contributed by atoms with E-state index in [1.807, 2.05) is 0 Å². The minimum atomic E-state index is 0.204. The first-order valence-corrected chi connectivity index (χ1v) is 7.80. The van der Waals surface area contributed by atoms with E-state index in [1.54, 1.807) is 0 Å². The van der Waals surface area contributed by atoms with Crippen LogP contribution in [0, 0.1) is 0 Å². The van der Waals surface area contributed by atoms with Gasteiger partial charge < -0.3 is 15.5 Å². The predicted octanol–water partition coefficient (Wildman–Crippen LogP) is 1.51. The summed E-state index contributed by atoms with van der Waals surface area (Å²) in [7, 11) is 4.28. The molecule has 19 heavy (non-hydrogen) atoms. The number of likely N-dealkylation sites (N-methyl/N-ethyl adjacent to an activating group) is 1. The Morgan fingerprint density at radius 2 is 2.00 bits per heavy atom. The zero-order chi connectivity index (χ0) is 13.7. The Balaban J connectivity index is 1.75. The van der Waals surface area contributed by atoms with Crippen molar-refractivity contribution in [3.05, 3.63) is 0 Å². The molecule has 2 aliphatic rings. The molecule has 1 aliphatic heterocycles. The van der Waals surface area contributed by atoms with Crippen molar-refractivity contribution in [1.29, 1.82) is 0 Å². The molecule has 1 atom stereocenters. The normalized spacial score (nSPS) is 26.6. The zero-order valence-electron chi connectivity index (χ0n) is 12.5. The van der Waals surface area contributed by atoms with Gasteiger partial charge in [0.05, 0.1) is 0 Å². The number of nitrogens with zero attached hydrogens (tertiary/aromatic N) is 1. The number of carbonyl (C=O) groups excluding carboxylic acids is 1.